The quantitative estimate of drug-likeness (QED) is 0.399. The highest BCUT2D eigenvalue weighted by Crippen LogP contribution is 2.39. The molecule has 0 radical (unpaired) electrons. The molecule has 1 aliphatic rings. The summed E-state index contributed by atoms with van der Waals surface area (Å²) in [7, 11) is -4.24. The smallest absolute Gasteiger partial charge is 0.253 e. The van der Waals surface area contributed by atoms with Gasteiger partial charge in [0, 0.05) is 42.0 Å². The van der Waals surface area contributed by atoms with E-state index in [0.717, 1.165) is 17.3 Å². The monoisotopic (exact) mass is 517 g/mol. The van der Waals surface area contributed by atoms with Crippen LogP contribution in [0.2, 0.25) is 0 Å². The summed E-state index contributed by atoms with van der Waals surface area (Å²) in [4.78, 5) is 27.3. The molecule has 1 fully saturated rings. The van der Waals surface area contributed by atoms with Crippen LogP contribution < -0.4 is 15.4 Å². The Kier molecular flexibility index (Phi) is 6.07. The maximum atomic E-state index is 13.7. The Morgan fingerprint density at radius 1 is 1.08 bits per heavy atom. The number of carbonyl (C=O) groups excluding carboxylic acids is 1. The number of amides is 1. The topological polar surface area (TPSA) is 128 Å². The zero-order valence-electron chi connectivity index (χ0n) is 20.7. The van der Waals surface area contributed by atoms with Crippen molar-refractivity contribution in [3.8, 4) is 11.6 Å². The minimum Gasteiger partial charge on any atom is -0.439 e. The van der Waals surface area contributed by atoms with Crippen molar-refractivity contribution in [1.29, 1.82) is 0 Å². The molecule has 4 aromatic rings. The van der Waals surface area contributed by atoms with Gasteiger partial charge in [0.1, 0.15) is 17.1 Å². The van der Waals surface area contributed by atoms with Crippen molar-refractivity contribution in [2.24, 2.45) is 11.7 Å². The van der Waals surface area contributed by atoms with Crippen LogP contribution in [0.1, 0.15) is 37.6 Å². The summed E-state index contributed by atoms with van der Waals surface area (Å²) < 4.78 is 33.4. The van der Waals surface area contributed by atoms with E-state index in [4.69, 9.17) is 10.5 Å². The van der Waals surface area contributed by atoms with Crippen LogP contribution in [0.5, 0.6) is 11.6 Å². The first-order valence-corrected chi connectivity index (χ1v) is 13.4. The Bertz CT molecular complexity index is 1620. The van der Waals surface area contributed by atoms with E-state index in [9.17, 15) is 13.2 Å². The van der Waals surface area contributed by atoms with Gasteiger partial charge in [0.05, 0.1) is 10.4 Å². The number of fused-ring (bicyclic) bond motifs is 1. The van der Waals surface area contributed by atoms with Crippen LogP contribution in [-0.2, 0) is 9.84 Å². The molecule has 1 amide bonds. The van der Waals surface area contributed by atoms with Crippen LogP contribution >= 0.6 is 0 Å². The summed E-state index contributed by atoms with van der Waals surface area (Å²) in [5.74, 6) is 0.286. The number of aromatic nitrogens is 3. The van der Waals surface area contributed by atoms with Crippen molar-refractivity contribution in [3.05, 3.63) is 72.6 Å². The molecule has 1 atom stereocenters. The van der Waals surface area contributed by atoms with Gasteiger partial charge in [-0.05, 0) is 56.5 Å². The van der Waals surface area contributed by atoms with E-state index in [1.807, 2.05) is 36.9 Å². The number of rotatable bonds is 6. The van der Waals surface area contributed by atoms with E-state index in [1.54, 1.807) is 24.4 Å². The number of anilines is 1. The lowest BCUT2D eigenvalue weighted by molar-refractivity contribution is 0.0997. The maximum absolute atomic E-state index is 13.7. The van der Waals surface area contributed by atoms with Gasteiger partial charge in [-0.15, -0.1) is 0 Å². The highest BCUT2D eigenvalue weighted by molar-refractivity contribution is 7.91. The molecule has 3 aromatic heterocycles. The number of sulfone groups is 1. The Labute approximate surface area is 215 Å². The van der Waals surface area contributed by atoms with Gasteiger partial charge < -0.3 is 15.4 Å². The number of ether oxygens (including phenoxy) is 1. The number of pyridine rings is 3. The van der Waals surface area contributed by atoms with Crippen LogP contribution in [0.15, 0.2) is 76.9 Å². The van der Waals surface area contributed by atoms with Gasteiger partial charge in [-0.25, -0.2) is 18.4 Å². The van der Waals surface area contributed by atoms with Crippen LogP contribution in [0.3, 0.4) is 0 Å². The average molecular weight is 518 g/mol. The predicted molar refractivity (Wildman–Crippen MR) is 139 cm³/mol. The molecule has 37 heavy (non-hydrogen) atoms. The van der Waals surface area contributed by atoms with Crippen molar-refractivity contribution >= 4 is 32.5 Å². The molecule has 0 aliphatic carbocycles. The number of benzene rings is 1. The summed E-state index contributed by atoms with van der Waals surface area (Å²) in [5.41, 5.74) is 6.01. The summed E-state index contributed by atoms with van der Waals surface area (Å²) in [6, 6.07) is 14.9. The summed E-state index contributed by atoms with van der Waals surface area (Å²) in [6.07, 6.45) is 3.94. The number of hydrogen-bond acceptors (Lipinski definition) is 8. The lowest BCUT2D eigenvalue weighted by atomic mass is 9.97. The number of nitrogens with two attached hydrogens (primary N) is 1. The van der Waals surface area contributed by atoms with E-state index in [0.29, 0.717) is 18.2 Å². The fourth-order valence-corrected chi connectivity index (χ4v) is 6.39. The van der Waals surface area contributed by atoms with Crippen LogP contribution in [0.4, 0.5) is 5.82 Å². The highest BCUT2D eigenvalue weighted by atomic mass is 32.2. The molecule has 2 N–H and O–H groups in total. The third-order valence-electron chi connectivity index (χ3n) is 6.53. The summed E-state index contributed by atoms with van der Waals surface area (Å²) in [5, 5.41) is 0.680. The zero-order valence-corrected chi connectivity index (χ0v) is 21.6. The van der Waals surface area contributed by atoms with E-state index >= 15 is 0 Å². The molecule has 10 heteroatoms. The second-order valence-electron chi connectivity index (χ2n) is 9.88. The number of nitrogens with zero attached hydrogens (tertiary/aromatic N) is 4. The normalized spacial score (nSPS) is 17.2. The third-order valence-corrected chi connectivity index (χ3v) is 8.23. The minimum absolute atomic E-state index is 0.0840. The van der Waals surface area contributed by atoms with E-state index in [-0.39, 0.29) is 32.7 Å². The molecule has 0 spiro atoms. The van der Waals surface area contributed by atoms with E-state index in [2.05, 4.69) is 21.9 Å². The fourth-order valence-electron chi connectivity index (χ4n) is 5.00. The van der Waals surface area contributed by atoms with Crippen molar-refractivity contribution in [2.75, 3.05) is 11.4 Å². The maximum Gasteiger partial charge on any atom is 0.253 e. The van der Waals surface area contributed by atoms with Crippen LogP contribution in [-0.4, -0.2) is 41.4 Å². The molecule has 9 nitrogen and oxygen atoms in total. The molecule has 1 aromatic carbocycles. The van der Waals surface area contributed by atoms with Gasteiger partial charge in [0.25, 0.3) is 5.91 Å². The largest absolute Gasteiger partial charge is 0.439 e. The van der Waals surface area contributed by atoms with E-state index < -0.39 is 15.7 Å². The van der Waals surface area contributed by atoms with Gasteiger partial charge in [0.2, 0.25) is 15.7 Å². The van der Waals surface area contributed by atoms with E-state index in [1.165, 1.54) is 24.4 Å². The Morgan fingerprint density at radius 3 is 2.62 bits per heavy atom. The molecule has 190 valence electrons. The van der Waals surface area contributed by atoms with Crippen molar-refractivity contribution in [1.82, 2.24) is 15.0 Å². The molecular formula is C27H27N5O4S. The lowest BCUT2D eigenvalue weighted by Gasteiger charge is -2.33. The number of hydrogen-bond donors (Lipinski definition) is 1. The summed E-state index contributed by atoms with van der Waals surface area (Å²) >= 11 is 0. The van der Waals surface area contributed by atoms with Crippen LogP contribution in [0.25, 0.3) is 10.9 Å². The fraction of sp³-hybridized carbons (Fsp3) is 0.259. The van der Waals surface area contributed by atoms with Crippen molar-refractivity contribution < 1.29 is 17.9 Å². The molecular weight excluding hydrogens is 490 g/mol. The zero-order chi connectivity index (χ0) is 26.4. The molecule has 1 unspecified atom stereocenters. The molecule has 1 saturated heterocycles. The first kappa shape index (κ1) is 24.6. The van der Waals surface area contributed by atoms with Crippen molar-refractivity contribution in [3.63, 3.8) is 0 Å². The highest BCUT2D eigenvalue weighted by Gasteiger charge is 2.40. The van der Waals surface area contributed by atoms with Gasteiger partial charge in [-0.1, -0.05) is 19.1 Å². The Balaban J connectivity index is 1.54. The number of primary amides is 1. The van der Waals surface area contributed by atoms with Crippen LogP contribution in [0, 0.1) is 5.92 Å². The second kappa shape index (κ2) is 9.11. The average Bonchev–Trinajstić information content (AvgIpc) is 3.15. The molecule has 5 rings (SSSR count). The van der Waals surface area contributed by atoms with Gasteiger partial charge in [0.15, 0.2) is 5.03 Å². The van der Waals surface area contributed by atoms with Gasteiger partial charge in [-0.2, -0.15) is 0 Å². The van der Waals surface area contributed by atoms with Gasteiger partial charge >= 0.3 is 0 Å². The van der Waals surface area contributed by atoms with Crippen molar-refractivity contribution in [2.45, 2.75) is 42.7 Å². The molecule has 1 aliphatic heterocycles. The molecule has 0 bridgehead atoms. The Morgan fingerprint density at radius 2 is 1.89 bits per heavy atom. The number of carbonyl (C=O) groups is 1. The first-order chi connectivity index (χ1) is 17.6. The third kappa shape index (κ3) is 4.60. The lowest BCUT2D eigenvalue weighted by Crippen LogP contribution is -2.40. The SMILES string of the molecule is CC1CN(c2nccc(S(=O)(=O)c3cccc(Oc4ccc5cccnc5c4)n3)c2C(N)=O)C(C)(C)C1. The second-order valence-corrected chi connectivity index (χ2v) is 11.7. The Hall–Kier alpha value is -4.05. The minimum atomic E-state index is -4.24. The van der Waals surface area contributed by atoms with Gasteiger partial charge in [-0.3, -0.25) is 9.78 Å². The first-order valence-electron chi connectivity index (χ1n) is 11.9. The predicted octanol–water partition coefficient (Wildman–Crippen LogP) is 4.37. The standard InChI is InChI=1S/C27H27N5O4S/c1-17-15-27(2,3)32(16-17)26-24(25(28)33)21(11-13-30-26)37(34,35)23-8-4-7-22(31-23)36-19-10-9-18-6-5-12-29-20(18)14-19/h4-14,17H,15-16H2,1-3H3,(H2,28,33). The molecule has 0 saturated carbocycles. The molecule has 4 heterocycles. The summed E-state index contributed by atoms with van der Waals surface area (Å²) in [6.45, 7) is 6.81.